The van der Waals surface area contributed by atoms with Crippen LogP contribution in [-0.2, 0) is 9.59 Å². The molecule has 0 bridgehead atoms. The molecule has 0 spiro atoms. The minimum atomic E-state index is -1.17. The Labute approximate surface area is 120 Å². The van der Waals surface area contributed by atoms with Crippen LogP contribution in [0.4, 0.5) is 15.8 Å². The summed E-state index contributed by atoms with van der Waals surface area (Å²) >= 11 is 0. The lowest BCUT2D eigenvalue weighted by atomic mass is 9.96. The van der Waals surface area contributed by atoms with E-state index in [0.29, 0.717) is 0 Å². The van der Waals surface area contributed by atoms with Crippen LogP contribution < -0.4 is 21.7 Å². The summed E-state index contributed by atoms with van der Waals surface area (Å²) < 4.78 is 14.2. The number of nitrogens with one attached hydrogen (secondary N) is 1. The Hall–Kier alpha value is -2.64. The number of carbonyl (C=O) groups excluding carboxylic acids is 3. The van der Waals surface area contributed by atoms with E-state index in [1.54, 1.807) is 0 Å². The standard InChI is InChI=1S/C13H15FN4O3/c1-13(2)12(21)17-10(19)5-18(13)9-3-6(11(16)20)8(15)4-7(9)14/h3-4H,5,15H2,1-2H3,(H2,16,20)(H,17,19,21). The lowest BCUT2D eigenvalue weighted by Crippen LogP contribution is -2.64. The molecular formula is C13H15FN4O3. The van der Waals surface area contributed by atoms with Crippen molar-refractivity contribution in [2.75, 3.05) is 17.2 Å². The van der Waals surface area contributed by atoms with E-state index in [0.717, 1.165) is 12.1 Å². The van der Waals surface area contributed by atoms with Crippen molar-refractivity contribution in [3.8, 4) is 0 Å². The average molecular weight is 294 g/mol. The molecule has 0 unspecified atom stereocenters. The lowest BCUT2D eigenvalue weighted by Gasteiger charge is -2.42. The molecule has 21 heavy (non-hydrogen) atoms. The smallest absolute Gasteiger partial charge is 0.251 e. The summed E-state index contributed by atoms with van der Waals surface area (Å²) in [7, 11) is 0. The fraction of sp³-hybridized carbons (Fsp3) is 0.308. The molecule has 0 radical (unpaired) electrons. The van der Waals surface area contributed by atoms with E-state index >= 15 is 0 Å². The van der Waals surface area contributed by atoms with Crippen LogP contribution in [0.15, 0.2) is 12.1 Å². The number of anilines is 2. The third kappa shape index (κ3) is 2.39. The zero-order valence-corrected chi connectivity index (χ0v) is 11.6. The molecule has 1 saturated heterocycles. The fourth-order valence-corrected chi connectivity index (χ4v) is 2.17. The average Bonchev–Trinajstić information content (AvgIpc) is 2.34. The molecule has 1 fully saturated rings. The highest BCUT2D eigenvalue weighted by Crippen LogP contribution is 2.31. The summed E-state index contributed by atoms with van der Waals surface area (Å²) in [6.07, 6.45) is 0. The number of imide groups is 1. The minimum absolute atomic E-state index is 0.0689. The maximum atomic E-state index is 14.2. The van der Waals surface area contributed by atoms with Gasteiger partial charge in [-0.15, -0.1) is 0 Å². The third-order valence-electron chi connectivity index (χ3n) is 3.46. The first-order valence-electron chi connectivity index (χ1n) is 6.15. The van der Waals surface area contributed by atoms with Gasteiger partial charge in [0.15, 0.2) is 0 Å². The summed E-state index contributed by atoms with van der Waals surface area (Å²) in [5.74, 6) is -2.68. The monoisotopic (exact) mass is 294 g/mol. The Morgan fingerprint density at radius 2 is 2.00 bits per heavy atom. The molecule has 1 aromatic rings. The van der Waals surface area contributed by atoms with Crippen molar-refractivity contribution in [2.24, 2.45) is 5.73 Å². The molecule has 0 aromatic heterocycles. The maximum absolute atomic E-state index is 14.2. The zero-order valence-electron chi connectivity index (χ0n) is 11.6. The second kappa shape index (κ2) is 4.72. The maximum Gasteiger partial charge on any atom is 0.251 e. The van der Waals surface area contributed by atoms with Crippen LogP contribution in [0, 0.1) is 5.82 Å². The Balaban J connectivity index is 2.59. The number of rotatable bonds is 2. The van der Waals surface area contributed by atoms with Crippen molar-refractivity contribution in [3.05, 3.63) is 23.5 Å². The number of carbonyl (C=O) groups is 3. The van der Waals surface area contributed by atoms with E-state index in [4.69, 9.17) is 11.5 Å². The molecule has 112 valence electrons. The van der Waals surface area contributed by atoms with Gasteiger partial charge in [0.25, 0.3) is 11.8 Å². The van der Waals surface area contributed by atoms with E-state index in [1.807, 2.05) is 0 Å². The Morgan fingerprint density at radius 3 is 2.57 bits per heavy atom. The van der Waals surface area contributed by atoms with Gasteiger partial charge >= 0.3 is 0 Å². The minimum Gasteiger partial charge on any atom is -0.398 e. The molecule has 2 rings (SSSR count). The Morgan fingerprint density at radius 1 is 1.38 bits per heavy atom. The number of hydrogen-bond acceptors (Lipinski definition) is 5. The van der Waals surface area contributed by atoms with E-state index in [2.05, 4.69) is 5.32 Å². The lowest BCUT2D eigenvalue weighted by molar-refractivity contribution is -0.135. The van der Waals surface area contributed by atoms with Gasteiger partial charge in [0.05, 0.1) is 17.8 Å². The van der Waals surface area contributed by atoms with Crippen LogP contribution in [0.3, 0.4) is 0 Å². The molecule has 0 saturated carbocycles. The number of halogens is 1. The Kier molecular flexibility index (Phi) is 3.32. The summed E-state index contributed by atoms with van der Waals surface area (Å²) in [5.41, 5.74) is 9.30. The molecule has 0 aliphatic carbocycles. The molecule has 0 atom stereocenters. The number of hydrogen-bond donors (Lipinski definition) is 3. The summed E-state index contributed by atoms with van der Waals surface area (Å²) in [6.45, 7) is 2.85. The second-order valence-electron chi connectivity index (χ2n) is 5.28. The number of nitrogens with zero attached hydrogens (tertiary/aromatic N) is 1. The highest BCUT2D eigenvalue weighted by atomic mass is 19.1. The Bertz CT molecular complexity index is 657. The van der Waals surface area contributed by atoms with E-state index < -0.39 is 29.1 Å². The van der Waals surface area contributed by atoms with E-state index in [1.165, 1.54) is 18.7 Å². The van der Waals surface area contributed by atoms with Crippen molar-refractivity contribution in [2.45, 2.75) is 19.4 Å². The molecule has 1 heterocycles. The fourth-order valence-electron chi connectivity index (χ4n) is 2.17. The molecule has 3 amide bonds. The molecule has 8 heteroatoms. The first-order chi connectivity index (χ1) is 9.64. The molecular weight excluding hydrogens is 279 g/mol. The summed E-state index contributed by atoms with van der Waals surface area (Å²) in [4.78, 5) is 36.0. The number of piperazine rings is 1. The van der Waals surface area contributed by atoms with Crippen molar-refractivity contribution in [1.29, 1.82) is 0 Å². The molecule has 1 aliphatic heterocycles. The van der Waals surface area contributed by atoms with Gasteiger partial charge in [-0.05, 0) is 26.0 Å². The summed E-state index contributed by atoms with van der Waals surface area (Å²) in [6, 6.07) is 2.10. The van der Waals surface area contributed by atoms with Crippen LogP contribution in [0.1, 0.15) is 24.2 Å². The van der Waals surface area contributed by atoms with Gasteiger partial charge in [-0.1, -0.05) is 0 Å². The predicted molar refractivity (Wildman–Crippen MR) is 73.9 cm³/mol. The number of nitrogen functional groups attached to an aromatic ring is 1. The van der Waals surface area contributed by atoms with Crippen LogP contribution in [0.2, 0.25) is 0 Å². The molecule has 1 aromatic carbocycles. The SMILES string of the molecule is CC1(C)C(=O)NC(=O)CN1c1cc(C(N)=O)c(N)cc1F. The van der Waals surface area contributed by atoms with Gasteiger partial charge in [-0.3, -0.25) is 19.7 Å². The number of amides is 3. The first-order valence-corrected chi connectivity index (χ1v) is 6.15. The van der Waals surface area contributed by atoms with Crippen LogP contribution in [0.25, 0.3) is 0 Å². The number of primary amides is 1. The highest BCUT2D eigenvalue weighted by Gasteiger charge is 2.42. The predicted octanol–water partition coefficient (Wildman–Crippen LogP) is -0.252. The molecule has 7 nitrogen and oxygen atoms in total. The normalized spacial score (nSPS) is 17.6. The zero-order chi connectivity index (χ0) is 15.9. The van der Waals surface area contributed by atoms with Gasteiger partial charge < -0.3 is 16.4 Å². The van der Waals surface area contributed by atoms with Gasteiger partial charge in [0, 0.05) is 5.69 Å². The van der Waals surface area contributed by atoms with Crippen molar-refractivity contribution < 1.29 is 18.8 Å². The van der Waals surface area contributed by atoms with E-state index in [-0.39, 0.29) is 23.5 Å². The summed E-state index contributed by atoms with van der Waals surface area (Å²) in [5, 5.41) is 2.18. The van der Waals surface area contributed by atoms with Crippen LogP contribution in [-0.4, -0.2) is 29.8 Å². The van der Waals surface area contributed by atoms with Crippen molar-refractivity contribution in [3.63, 3.8) is 0 Å². The van der Waals surface area contributed by atoms with E-state index in [9.17, 15) is 18.8 Å². The molecule has 1 aliphatic rings. The second-order valence-corrected chi connectivity index (χ2v) is 5.28. The van der Waals surface area contributed by atoms with Gasteiger partial charge in [0.1, 0.15) is 11.4 Å². The quantitative estimate of drug-likeness (QED) is 0.513. The van der Waals surface area contributed by atoms with Crippen LogP contribution >= 0.6 is 0 Å². The highest BCUT2D eigenvalue weighted by molar-refractivity contribution is 6.07. The number of benzene rings is 1. The van der Waals surface area contributed by atoms with Crippen molar-refractivity contribution in [1.82, 2.24) is 5.32 Å². The topological polar surface area (TPSA) is 119 Å². The van der Waals surface area contributed by atoms with Gasteiger partial charge in [-0.2, -0.15) is 0 Å². The third-order valence-corrected chi connectivity index (χ3v) is 3.46. The van der Waals surface area contributed by atoms with Crippen molar-refractivity contribution >= 4 is 29.1 Å². The largest absolute Gasteiger partial charge is 0.398 e. The number of nitrogens with two attached hydrogens (primary N) is 2. The first kappa shape index (κ1) is 14.8. The van der Waals surface area contributed by atoms with Crippen LogP contribution in [0.5, 0.6) is 0 Å². The molecule has 5 N–H and O–H groups in total. The van der Waals surface area contributed by atoms with Gasteiger partial charge in [0.2, 0.25) is 5.91 Å². The van der Waals surface area contributed by atoms with Gasteiger partial charge in [-0.25, -0.2) is 4.39 Å².